The predicted molar refractivity (Wildman–Crippen MR) is 65.2 cm³/mol. The predicted octanol–water partition coefficient (Wildman–Crippen LogP) is 3.24. The lowest BCUT2D eigenvalue weighted by Crippen LogP contribution is -2.40. The number of aryl methyl sites for hydroxylation is 1. The maximum atomic E-state index is 3.58. The van der Waals surface area contributed by atoms with E-state index in [-0.39, 0.29) is 0 Å². The molecule has 0 aliphatic heterocycles. The Bertz CT molecular complexity index is 296. The van der Waals surface area contributed by atoms with Crippen LogP contribution in [0.4, 0.5) is 0 Å². The van der Waals surface area contributed by atoms with Crippen molar-refractivity contribution in [1.29, 1.82) is 0 Å². The molecule has 0 amide bonds. The summed E-state index contributed by atoms with van der Waals surface area (Å²) in [5.74, 6) is 0.806. The molecule has 0 atom stereocenters. The molecule has 1 saturated carbocycles. The molecule has 0 saturated heterocycles. The Morgan fingerprint density at radius 3 is 2.47 bits per heavy atom. The highest BCUT2D eigenvalue weighted by Crippen LogP contribution is 2.36. The second-order valence-corrected chi connectivity index (χ2v) is 4.73. The van der Waals surface area contributed by atoms with Crippen LogP contribution in [0.25, 0.3) is 0 Å². The third-order valence-corrected chi connectivity index (χ3v) is 3.37. The van der Waals surface area contributed by atoms with Crippen molar-refractivity contribution in [2.45, 2.75) is 45.1 Å². The fourth-order valence-corrected chi connectivity index (χ4v) is 2.24. The Kier molecular flexibility index (Phi) is 3.42. The minimum absolute atomic E-state index is 0.774. The molecule has 0 unspecified atom stereocenters. The van der Waals surface area contributed by atoms with Gasteiger partial charge < -0.3 is 5.32 Å². The third kappa shape index (κ3) is 2.60. The molecule has 15 heavy (non-hydrogen) atoms. The van der Waals surface area contributed by atoms with E-state index in [2.05, 4.69) is 43.4 Å². The molecule has 1 heteroatoms. The zero-order valence-electron chi connectivity index (χ0n) is 9.79. The quantitative estimate of drug-likeness (QED) is 0.792. The van der Waals surface area contributed by atoms with E-state index in [1.807, 2.05) is 0 Å². The van der Waals surface area contributed by atoms with Crippen LogP contribution < -0.4 is 5.32 Å². The Balaban J connectivity index is 1.81. The molecule has 0 aromatic heterocycles. The fourth-order valence-electron chi connectivity index (χ4n) is 2.24. The molecule has 0 bridgehead atoms. The lowest BCUT2D eigenvalue weighted by atomic mass is 9.76. The number of benzene rings is 1. The van der Waals surface area contributed by atoms with Crippen LogP contribution in [0, 0.1) is 6.92 Å². The van der Waals surface area contributed by atoms with Crippen molar-refractivity contribution in [3.8, 4) is 0 Å². The summed E-state index contributed by atoms with van der Waals surface area (Å²) in [6.45, 7) is 5.55. The van der Waals surface area contributed by atoms with E-state index in [1.165, 1.54) is 36.9 Å². The van der Waals surface area contributed by atoms with Crippen molar-refractivity contribution >= 4 is 0 Å². The molecular formula is C14H21N. The van der Waals surface area contributed by atoms with E-state index in [0.29, 0.717) is 0 Å². The average molecular weight is 203 g/mol. The van der Waals surface area contributed by atoms with Crippen molar-refractivity contribution in [3.63, 3.8) is 0 Å². The normalized spacial score (nSPS) is 24.9. The zero-order chi connectivity index (χ0) is 10.7. The lowest BCUT2D eigenvalue weighted by Gasteiger charge is -2.36. The molecule has 0 spiro atoms. The van der Waals surface area contributed by atoms with Gasteiger partial charge in [0.05, 0.1) is 0 Å². The summed E-state index contributed by atoms with van der Waals surface area (Å²) in [5.41, 5.74) is 2.88. The Hall–Kier alpha value is -0.820. The summed E-state index contributed by atoms with van der Waals surface area (Å²) in [4.78, 5) is 0. The second-order valence-electron chi connectivity index (χ2n) is 4.73. The van der Waals surface area contributed by atoms with Crippen molar-refractivity contribution in [1.82, 2.24) is 5.32 Å². The maximum absolute atomic E-state index is 3.58. The van der Waals surface area contributed by atoms with Crippen LogP contribution >= 0.6 is 0 Å². The number of hydrogen-bond acceptors (Lipinski definition) is 1. The molecule has 2 rings (SSSR count). The summed E-state index contributed by atoms with van der Waals surface area (Å²) < 4.78 is 0. The SMILES string of the molecule is CCCNC1CC(c2ccc(C)cc2)C1. The van der Waals surface area contributed by atoms with Gasteiger partial charge in [-0.05, 0) is 44.2 Å². The van der Waals surface area contributed by atoms with Gasteiger partial charge in [-0.2, -0.15) is 0 Å². The molecule has 1 aromatic rings. The van der Waals surface area contributed by atoms with Gasteiger partial charge in [-0.3, -0.25) is 0 Å². The van der Waals surface area contributed by atoms with Gasteiger partial charge in [0.25, 0.3) is 0 Å². The van der Waals surface area contributed by atoms with Crippen LogP contribution in [0.5, 0.6) is 0 Å². The summed E-state index contributed by atoms with van der Waals surface area (Å²) in [6, 6.07) is 9.80. The monoisotopic (exact) mass is 203 g/mol. The molecule has 1 aliphatic rings. The third-order valence-electron chi connectivity index (χ3n) is 3.37. The van der Waals surface area contributed by atoms with E-state index >= 15 is 0 Å². The minimum atomic E-state index is 0.774. The molecule has 0 radical (unpaired) electrons. The van der Waals surface area contributed by atoms with E-state index < -0.39 is 0 Å². The second kappa shape index (κ2) is 4.80. The summed E-state index contributed by atoms with van der Waals surface area (Å²) >= 11 is 0. The summed E-state index contributed by atoms with van der Waals surface area (Å²) in [6.07, 6.45) is 3.89. The molecule has 1 nitrogen and oxygen atoms in total. The molecule has 1 aliphatic carbocycles. The molecular weight excluding hydrogens is 182 g/mol. The van der Waals surface area contributed by atoms with E-state index in [9.17, 15) is 0 Å². The zero-order valence-corrected chi connectivity index (χ0v) is 9.79. The van der Waals surface area contributed by atoms with Crippen molar-refractivity contribution in [3.05, 3.63) is 35.4 Å². The highest BCUT2D eigenvalue weighted by molar-refractivity contribution is 5.26. The summed E-state index contributed by atoms with van der Waals surface area (Å²) in [7, 11) is 0. The van der Waals surface area contributed by atoms with Crippen LogP contribution in [0.15, 0.2) is 24.3 Å². The van der Waals surface area contributed by atoms with Crippen LogP contribution in [0.3, 0.4) is 0 Å². The highest BCUT2D eigenvalue weighted by atomic mass is 14.9. The van der Waals surface area contributed by atoms with Crippen LogP contribution in [-0.2, 0) is 0 Å². The molecule has 1 aromatic carbocycles. The number of rotatable bonds is 4. The van der Waals surface area contributed by atoms with Gasteiger partial charge in [0, 0.05) is 6.04 Å². The van der Waals surface area contributed by atoms with Gasteiger partial charge in [0.2, 0.25) is 0 Å². The smallest absolute Gasteiger partial charge is 0.00787 e. The largest absolute Gasteiger partial charge is 0.314 e. The minimum Gasteiger partial charge on any atom is -0.314 e. The molecule has 1 fully saturated rings. The summed E-state index contributed by atoms with van der Waals surface area (Å²) in [5, 5.41) is 3.58. The maximum Gasteiger partial charge on any atom is 0.00787 e. The Labute approximate surface area is 92.9 Å². The standard InChI is InChI=1S/C14H21N/c1-3-8-15-14-9-13(10-14)12-6-4-11(2)5-7-12/h4-7,13-15H,3,8-10H2,1-2H3. The molecule has 82 valence electrons. The first-order valence-electron chi connectivity index (χ1n) is 6.09. The van der Waals surface area contributed by atoms with Gasteiger partial charge in [0.15, 0.2) is 0 Å². The topological polar surface area (TPSA) is 12.0 Å². The van der Waals surface area contributed by atoms with Crippen molar-refractivity contribution in [2.75, 3.05) is 6.54 Å². The van der Waals surface area contributed by atoms with E-state index in [0.717, 1.165) is 12.0 Å². The van der Waals surface area contributed by atoms with E-state index in [1.54, 1.807) is 0 Å². The van der Waals surface area contributed by atoms with Gasteiger partial charge in [-0.1, -0.05) is 36.8 Å². The number of hydrogen-bond donors (Lipinski definition) is 1. The highest BCUT2D eigenvalue weighted by Gasteiger charge is 2.29. The van der Waals surface area contributed by atoms with Crippen molar-refractivity contribution < 1.29 is 0 Å². The first kappa shape index (κ1) is 10.7. The van der Waals surface area contributed by atoms with E-state index in [4.69, 9.17) is 0 Å². The Morgan fingerprint density at radius 2 is 1.87 bits per heavy atom. The van der Waals surface area contributed by atoms with Crippen LogP contribution in [0.2, 0.25) is 0 Å². The van der Waals surface area contributed by atoms with Gasteiger partial charge in [-0.25, -0.2) is 0 Å². The first-order valence-corrected chi connectivity index (χ1v) is 6.09. The fraction of sp³-hybridized carbons (Fsp3) is 0.571. The Morgan fingerprint density at radius 1 is 1.20 bits per heavy atom. The lowest BCUT2D eigenvalue weighted by molar-refractivity contribution is 0.292. The van der Waals surface area contributed by atoms with Crippen LogP contribution in [0.1, 0.15) is 43.2 Å². The van der Waals surface area contributed by atoms with Gasteiger partial charge in [0.1, 0.15) is 0 Å². The molecule has 0 heterocycles. The molecule has 1 N–H and O–H groups in total. The average Bonchev–Trinajstić information content (AvgIpc) is 2.18. The van der Waals surface area contributed by atoms with Gasteiger partial charge in [-0.15, -0.1) is 0 Å². The van der Waals surface area contributed by atoms with Crippen LogP contribution in [-0.4, -0.2) is 12.6 Å². The van der Waals surface area contributed by atoms with Crippen molar-refractivity contribution in [2.24, 2.45) is 0 Å². The number of nitrogens with one attached hydrogen (secondary N) is 1. The first-order chi connectivity index (χ1) is 7.29. The van der Waals surface area contributed by atoms with Gasteiger partial charge >= 0.3 is 0 Å².